The number of aryl methyl sites for hydroxylation is 1. The number of benzene rings is 3. The van der Waals surface area contributed by atoms with Crippen molar-refractivity contribution in [2.45, 2.75) is 122 Å². The summed E-state index contributed by atoms with van der Waals surface area (Å²) in [6.45, 7) is 14.2. The number of sulfone groups is 1. The first kappa shape index (κ1) is 57.4. The molecular weight excluding hydrogens is 1050 g/mol. The molecule has 5 aliphatic heterocycles. The number of anilines is 1. The fourth-order valence-electron chi connectivity index (χ4n) is 12.6. The standard InChI is InChI=1S/C62H76N8O10S/c1-9-69-52-17-14-41-32-48(52)50(56(69)49-27-38(34-64-53(49)37(4)78-8)11-10-19-68-20-23-81(76,77)24-21-68)33-62(5,6)35-80-61(75)54-43-29-45(30-43)70(66-54)59(73)51(28-39-25-42(41)31-46(71)26-39)65-58(72)55(36(2)3)67(7)60(74)57-47(18-22-79-57)40-12-15-44(63)16-13-40/h12-17,25-27,31-32,34,36-37,43,45,47,51,54-55,57,66,71H,9,18-24,28-30,33,35,63H2,1-8H3,(H,65,72)/t37-,43?,45?,47-,51-,54-,55-,57-/m0/s1. The second-order valence-corrected chi connectivity index (χ2v) is 26.2. The highest BCUT2D eigenvalue weighted by Crippen LogP contribution is 2.44. The quantitative estimate of drug-likeness (QED) is 0.0659. The van der Waals surface area contributed by atoms with Gasteiger partial charge in [-0.25, -0.2) is 13.8 Å². The van der Waals surface area contributed by atoms with E-state index in [0.29, 0.717) is 86.5 Å². The molecule has 5 fully saturated rings. The fourth-order valence-corrected chi connectivity index (χ4v) is 13.9. The Kier molecular flexibility index (Phi) is 16.4. The molecule has 2 aromatic heterocycles. The monoisotopic (exact) mass is 1120 g/mol. The summed E-state index contributed by atoms with van der Waals surface area (Å²) in [5.41, 5.74) is 17.2. The number of fused-ring (bicyclic) bond motifs is 4. The van der Waals surface area contributed by atoms with Crippen LogP contribution in [0.3, 0.4) is 0 Å². The van der Waals surface area contributed by atoms with Crippen molar-refractivity contribution in [2.24, 2.45) is 17.3 Å². The van der Waals surface area contributed by atoms with Crippen molar-refractivity contribution in [2.75, 3.05) is 64.2 Å². The largest absolute Gasteiger partial charge is 0.508 e. The maximum Gasteiger partial charge on any atom is 0.325 e. The van der Waals surface area contributed by atoms with E-state index in [9.17, 15) is 27.9 Å². The average Bonchev–Trinajstić information content (AvgIpc) is 3.58. The van der Waals surface area contributed by atoms with E-state index < -0.39 is 63.4 Å². The number of hydrogen-bond acceptors (Lipinski definition) is 14. The molecule has 8 bridgehead atoms. The van der Waals surface area contributed by atoms with E-state index in [1.807, 2.05) is 56.0 Å². The molecule has 5 N–H and O–H groups in total. The molecule has 7 heterocycles. The first-order valence-corrected chi connectivity index (χ1v) is 30.2. The van der Waals surface area contributed by atoms with Gasteiger partial charge in [-0.1, -0.05) is 63.8 Å². The third-order valence-corrected chi connectivity index (χ3v) is 18.7. The molecule has 0 spiro atoms. The number of likely N-dealkylation sites (N-methyl/N-ethyl adjacent to an activating group) is 1. The SMILES string of the molecule is CCn1c(-c2cc(C#CCN3CCS(=O)(=O)CC3)cnc2[C@H](C)OC)c2c3cc(ccc31)-c1cc(O)cc(c1)C[C@H](NC(=O)[C@H](C(C)C)N(C)C(=O)[C@H]1OCC[C@H]1c1ccc(N)cc1)C(=O)N1N[C@H](C(=O)OCC(C)(C)C2)C2CC1C2. The van der Waals surface area contributed by atoms with Crippen LogP contribution in [0.25, 0.3) is 33.3 Å². The average molecular weight is 1130 g/mol. The number of nitrogen functional groups attached to an aromatic ring is 1. The van der Waals surface area contributed by atoms with Crippen LogP contribution in [0.2, 0.25) is 0 Å². The van der Waals surface area contributed by atoms with E-state index in [4.69, 9.17) is 24.9 Å². The number of nitrogens with two attached hydrogens (primary N) is 1. The molecule has 1 saturated carbocycles. The molecule has 81 heavy (non-hydrogen) atoms. The lowest BCUT2D eigenvalue weighted by Gasteiger charge is -2.53. The Morgan fingerprint density at radius 2 is 1.77 bits per heavy atom. The van der Waals surface area contributed by atoms with Gasteiger partial charge in [0.25, 0.3) is 11.8 Å². The van der Waals surface area contributed by atoms with Gasteiger partial charge in [-0.05, 0) is 122 Å². The number of hydrazine groups is 1. The molecular formula is C62H76N8O10S. The molecule has 4 saturated heterocycles. The summed E-state index contributed by atoms with van der Waals surface area (Å²) < 4.78 is 44.8. The van der Waals surface area contributed by atoms with Crippen molar-refractivity contribution >= 4 is 50.1 Å². The maximum absolute atomic E-state index is 15.2. The number of phenolic OH excluding ortho intramolecular Hbond substituents is 1. The smallest absolute Gasteiger partial charge is 0.325 e. The number of hydrogen-bond donors (Lipinski definition) is 4. The summed E-state index contributed by atoms with van der Waals surface area (Å²) in [7, 11) is 0.211. The molecule has 3 amide bonds. The molecule has 0 unspecified atom stereocenters. The molecule has 5 aromatic rings. The van der Waals surface area contributed by atoms with E-state index in [2.05, 4.69) is 60.1 Å². The number of nitrogens with one attached hydrogen (secondary N) is 2. The summed E-state index contributed by atoms with van der Waals surface area (Å²) >= 11 is 0. The van der Waals surface area contributed by atoms with E-state index in [1.165, 1.54) is 9.91 Å². The molecule has 18 nitrogen and oxygen atoms in total. The summed E-state index contributed by atoms with van der Waals surface area (Å²) in [5.74, 6) is 4.25. The van der Waals surface area contributed by atoms with Crippen molar-refractivity contribution < 1.29 is 46.9 Å². The number of rotatable bonds is 11. The fraction of sp³-hybridized carbons (Fsp3) is 0.500. The number of aromatic nitrogens is 2. The van der Waals surface area contributed by atoms with Crippen LogP contribution in [-0.2, 0) is 62.6 Å². The number of carbonyl (C=O) groups is 4. The Bertz CT molecular complexity index is 3400. The Labute approximate surface area is 474 Å². The molecule has 19 heteroatoms. The summed E-state index contributed by atoms with van der Waals surface area (Å²) in [5, 5.41) is 17.1. The van der Waals surface area contributed by atoms with Gasteiger partial charge in [0.1, 0.15) is 30.0 Å². The van der Waals surface area contributed by atoms with Crippen molar-refractivity contribution in [3.63, 3.8) is 0 Å². The van der Waals surface area contributed by atoms with Gasteiger partial charge in [-0.15, -0.1) is 0 Å². The number of aromatic hydroxyl groups is 1. The van der Waals surface area contributed by atoms with Crippen LogP contribution in [0.15, 0.2) is 72.9 Å². The first-order valence-electron chi connectivity index (χ1n) is 28.4. The van der Waals surface area contributed by atoms with Gasteiger partial charge in [0.05, 0.1) is 42.1 Å². The third kappa shape index (κ3) is 11.9. The predicted octanol–water partition coefficient (Wildman–Crippen LogP) is 6.17. The Morgan fingerprint density at radius 3 is 2.47 bits per heavy atom. The minimum Gasteiger partial charge on any atom is -0.508 e. The Morgan fingerprint density at radius 1 is 1.02 bits per heavy atom. The number of methoxy groups -OCH3 is 1. The lowest BCUT2D eigenvalue weighted by Crippen LogP contribution is -2.72. The number of pyridine rings is 1. The topological polar surface area (TPSA) is 228 Å². The first-order chi connectivity index (χ1) is 38.6. The highest BCUT2D eigenvalue weighted by atomic mass is 32.2. The summed E-state index contributed by atoms with van der Waals surface area (Å²) in [6.07, 6.45) is 2.67. The Balaban J connectivity index is 1.04. The van der Waals surface area contributed by atoms with Crippen molar-refractivity contribution in [1.29, 1.82) is 0 Å². The second kappa shape index (κ2) is 23.2. The zero-order valence-corrected chi connectivity index (χ0v) is 48.5. The highest BCUT2D eigenvalue weighted by molar-refractivity contribution is 7.91. The van der Waals surface area contributed by atoms with E-state index in [0.717, 1.165) is 38.9 Å². The van der Waals surface area contributed by atoms with Crippen LogP contribution in [0.1, 0.15) is 101 Å². The normalized spacial score (nSPS) is 24.3. The number of nitrogens with zero attached hydrogens (tertiary/aromatic N) is 5. The zero-order chi connectivity index (χ0) is 57.7. The minimum absolute atomic E-state index is 0.0337. The lowest BCUT2D eigenvalue weighted by atomic mass is 9.73. The van der Waals surface area contributed by atoms with Gasteiger partial charge in [0.15, 0.2) is 9.84 Å². The number of phenols is 1. The van der Waals surface area contributed by atoms with Crippen LogP contribution in [0.5, 0.6) is 5.75 Å². The second-order valence-electron chi connectivity index (χ2n) is 23.9. The Hall–Kier alpha value is -6.82. The van der Waals surface area contributed by atoms with Crippen LogP contribution < -0.4 is 16.5 Å². The molecule has 0 radical (unpaired) electrons. The van der Waals surface area contributed by atoms with E-state index in [1.54, 1.807) is 44.6 Å². The molecule has 6 aliphatic rings. The number of cyclic esters (lactones) is 1. The van der Waals surface area contributed by atoms with Gasteiger partial charge in [-0.2, -0.15) is 0 Å². The summed E-state index contributed by atoms with van der Waals surface area (Å²) in [4.78, 5) is 67.5. The van der Waals surface area contributed by atoms with Crippen LogP contribution in [-0.4, -0.2) is 150 Å². The number of ether oxygens (including phenoxy) is 3. The summed E-state index contributed by atoms with van der Waals surface area (Å²) in [6, 6.07) is 17.6. The number of amides is 3. The lowest BCUT2D eigenvalue weighted by molar-refractivity contribution is -0.171. The molecule has 1 aliphatic carbocycles. The van der Waals surface area contributed by atoms with Crippen LogP contribution in [0.4, 0.5) is 5.69 Å². The van der Waals surface area contributed by atoms with E-state index in [-0.39, 0.29) is 60.0 Å². The molecule has 430 valence electrons. The third-order valence-electron chi connectivity index (χ3n) is 17.1. The predicted molar refractivity (Wildman–Crippen MR) is 309 cm³/mol. The maximum atomic E-state index is 15.2. The van der Waals surface area contributed by atoms with Gasteiger partial charge in [0, 0.05) is 98.1 Å². The van der Waals surface area contributed by atoms with Gasteiger partial charge >= 0.3 is 5.97 Å². The van der Waals surface area contributed by atoms with E-state index >= 15 is 4.79 Å². The molecule has 6 atom stereocenters. The number of carbonyl (C=O) groups excluding carboxylic acids is 4. The minimum atomic E-state index is -3.04. The van der Waals surface area contributed by atoms with Crippen molar-refractivity contribution in [1.82, 2.24) is 35.1 Å². The van der Waals surface area contributed by atoms with Crippen molar-refractivity contribution in [3.05, 3.63) is 101 Å². The van der Waals surface area contributed by atoms with Crippen molar-refractivity contribution in [3.8, 4) is 40.0 Å². The highest BCUT2D eigenvalue weighted by Gasteiger charge is 2.52. The van der Waals surface area contributed by atoms with Gasteiger partial charge in [0.2, 0.25) is 5.91 Å². The zero-order valence-electron chi connectivity index (χ0n) is 47.7. The van der Waals surface area contributed by atoms with Crippen LogP contribution in [0, 0.1) is 29.1 Å². The number of esters is 1. The molecule has 11 rings (SSSR count). The van der Waals surface area contributed by atoms with Gasteiger partial charge in [-0.3, -0.25) is 34.1 Å². The molecule has 3 aromatic carbocycles. The van der Waals surface area contributed by atoms with Gasteiger partial charge < -0.3 is 39.8 Å². The van der Waals surface area contributed by atoms with Crippen LogP contribution >= 0.6 is 0 Å².